The molecule has 0 spiro atoms. The van der Waals surface area contributed by atoms with E-state index in [1.807, 2.05) is 17.0 Å². The molecule has 0 aromatic heterocycles. The van der Waals surface area contributed by atoms with E-state index < -0.39 is 10.1 Å². The fourth-order valence-electron chi connectivity index (χ4n) is 2.84. The molecular weight excluding hydrogens is 469 g/mol. The van der Waals surface area contributed by atoms with Crippen LogP contribution in [0.15, 0.2) is 98.1 Å². The Balaban J connectivity index is 0.00000408. The van der Waals surface area contributed by atoms with Crippen LogP contribution in [0.5, 0.6) is 0 Å². The zero-order valence-corrected chi connectivity index (χ0v) is 21.3. The van der Waals surface area contributed by atoms with Crippen molar-refractivity contribution in [2.45, 2.75) is 4.90 Å². The molecule has 0 saturated heterocycles. The first-order valence-corrected chi connectivity index (χ1v) is 11.4. The van der Waals surface area contributed by atoms with Gasteiger partial charge < -0.3 is 19.7 Å². The summed E-state index contributed by atoms with van der Waals surface area (Å²) < 4.78 is 32.8. The fraction of sp³-hybridized carbons (Fsp3) is 0.182. The van der Waals surface area contributed by atoms with Crippen LogP contribution in [0.2, 0.25) is 0 Å². The van der Waals surface area contributed by atoms with Crippen molar-refractivity contribution in [1.29, 1.82) is 0 Å². The van der Waals surface area contributed by atoms with Crippen molar-refractivity contribution >= 4 is 38.6 Å². The van der Waals surface area contributed by atoms with Gasteiger partial charge >= 0.3 is 29.6 Å². The third-order valence-electron chi connectivity index (χ3n) is 4.49. The molecule has 3 aromatic rings. The molecule has 2 N–H and O–H groups in total. The summed E-state index contributed by atoms with van der Waals surface area (Å²) in [7, 11) is -4.49. The molecule has 0 aliphatic carbocycles. The van der Waals surface area contributed by atoms with Gasteiger partial charge in [0, 0.05) is 18.8 Å². The van der Waals surface area contributed by atoms with E-state index in [4.69, 9.17) is 10.2 Å². The number of nitrogens with zero attached hydrogens (tertiary/aromatic N) is 5. The predicted octanol–water partition coefficient (Wildman–Crippen LogP) is 1.22. The Hall–Kier alpha value is -2.51. The molecular formula is C22H22N5NaO5S. The molecule has 34 heavy (non-hydrogen) atoms. The molecule has 3 aromatic carbocycles. The minimum absolute atomic E-state index is 0. The van der Waals surface area contributed by atoms with E-state index in [-0.39, 0.29) is 47.7 Å². The average Bonchev–Trinajstić information content (AvgIpc) is 2.82. The molecule has 3 rings (SSSR count). The average molecular weight is 492 g/mol. The number of aliphatic hydroxyl groups excluding tert-OH is 2. The maximum atomic E-state index is 10.9. The molecule has 0 fully saturated rings. The zero-order chi connectivity index (χ0) is 23.7. The summed E-state index contributed by atoms with van der Waals surface area (Å²) in [5.41, 5.74) is 3.11. The maximum absolute atomic E-state index is 10.9. The second-order valence-electron chi connectivity index (χ2n) is 6.82. The van der Waals surface area contributed by atoms with E-state index in [0.717, 1.165) is 5.69 Å². The number of azo groups is 2. The van der Waals surface area contributed by atoms with E-state index in [1.54, 1.807) is 36.4 Å². The van der Waals surface area contributed by atoms with Crippen LogP contribution >= 0.6 is 0 Å². The Labute approximate surface area is 219 Å². The summed E-state index contributed by atoms with van der Waals surface area (Å²) in [6, 6.07) is 19.3. The third-order valence-corrected chi connectivity index (χ3v) is 5.34. The summed E-state index contributed by atoms with van der Waals surface area (Å²) in [6.45, 7) is 0.848. The van der Waals surface area contributed by atoms with Crippen molar-refractivity contribution in [3.8, 4) is 0 Å². The van der Waals surface area contributed by atoms with Gasteiger partial charge in [0.05, 0.1) is 40.9 Å². The first-order chi connectivity index (χ1) is 15.9. The van der Waals surface area contributed by atoms with Crippen LogP contribution in [0.1, 0.15) is 0 Å². The number of rotatable bonds is 10. The normalized spacial score (nSPS) is 11.6. The van der Waals surface area contributed by atoms with Crippen molar-refractivity contribution in [2.75, 3.05) is 31.2 Å². The van der Waals surface area contributed by atoms with Crippen LogP contribution in [-0.4, -0.2) is 49.5 Å². The van der Waals surface area contributed by atoms with Crippen LogP contribution in [0.25, 0.3) is 0 Å². The Morgan fingerprint density at radius 3 is 1.29 bits per heavy atom. The maximum Gasteiger partial charge on any atom is 1.00 e. The third kappa shape index (κ3) is 8.37. The van der Waals surface area contributed by atoms with E-state index in [0.29, 0.717) is 35.8 Å². The molecule has 10 nitrogen and oxygen atoms in total. The molecule has 0 bridgehead atoms. The van der Waals surface area contributed by atoms with E-state index in [9.17, 15) is 13.0 Å². The Morgan fingerprint density at radius 2 is 0.971 bits per heavy atom. The first kappa shape index (κ1) is 27.7. The van der Waals surface area contributed by atoms with E-state index in [1.165, 1.54) is 24.3 Å². The second kappa shape index (κ2) is 13.4. The largest absolute Gasteiger partial charge is 1.00 e. The number of hydrogen-bond acceptors (Lipinski definition) is 10. The van der Waals surface area contributed by atoms with Crippen LogP contribution in [0, 0.1) is 0 Å². The van der Waals surface area contributed by atoms with Gasteiger partial charge in [0.2, 0.25) is 0 Å². The molecule has 12 heteroatoms. The first-order valence-electron chi connectivity index (χ1n) is 9.95. The van der Waals surface area contributed by atoms with Gasteiger partial charge in [-0.2, -0.15) is 20.5 Å². The zero-order valence-electron chi connectivity index (χ0n) is 18.5. The topological polar surface area (TPSA) is 150 Å². The van der Waals surface area contributed by atoms with Gasteiger partial charge in [0.1, 0.15) is 10.1 Å². The van der Waals surface area contributed by atoms with Gasteiger partial charge in [-0.3, -0.25) is 0 Å². The van der Waals surface area contributed by atoms with Crippen LogP contribution in [-0.2, 0) is 10.1 Å². The molecule has 0 radical (unpaired) electrons. The second-order valence-corrected chi connectivity index (χ2v) is 8.19. The Morgan fingerprint density at radius 1 is 0.647 bits per heavy atom. The van der Waals surface area contributed by atoms with Gasteiger partial charge in [-0.05, 0) is 72.8 Å². The van der Waals surface area contributed by atoms with Crippen LogP contribution in [0.4, 0.5) is 28.4 Å². The van der Waals surface area contributed by atoms with Gasteiger partial charge in [-0.15, -0.1) is 0 Å². The van der Waals surface area contributed by atoms with Crippen molar-refractivity contribution in [3.05, 3.63) is 72.8 Å². The van der Waals surface area contributed by atoms with Gasteiger partial charge in [-0.25, -0.2) is 8.42 Å². The Bertz CT molecular complexity index is 1200. The molecule has 172 valence electrons. The van der Waals surface area contributed by atoms with Crippen molar-refractivity contribution in [3.63, 3.8) is 0 Å². The summed E-state index contributed by atoms with van der Waals surface area (Å²) >= 11 is 0. The minimum Gasteiger partial charge on any atom is -0.744 e. The van der Waals surface area contributed by atoms with E-state index in [2.05, 4.69) is 20.5 Å². The van der Waals surface area contributed by atoms with E-state index >= 15 is 0 Å². The quantitative estimate of drug-likeness (QED) is 0.247. The smallest absolute Gasteiger partial charge is 0.744 e. The molecule has 0 unspecified atom stereocenters. The predicted molar refractivity (Wildman–Crippen MR) is 122 cm³/mol. The number of anilines is 1. The monoisotopic (exact) mass is 491 g/mol. The molecule has 0 atom stereocenters. The number of hydrogen-bond donors (Lipinski definition) is 2. The van der Waals surface area contributed by atoms with Gasteiger partial charge in [0.15, 0.2) is 0 Å². The molecule has 0 aliphatic heterocycles. The summed E-state index contributed by atoms with van der Waals surface area (Å²) in [4.78, 5) is 1.55. The fourth-order valence-corrected chi connectivity index (χ4v) is 3.31. The van der Waals surface area contributed by atoms with Crippen LogP contribution in [0.3, 0.4) is 0 Å². The minimum atomic E-state index is -4.49. The molecule has 0 saturated carbocycles. The standard InChI is InChI=1S/C22H23N5O5S.Na/c28-15-13-27(14-16-29)21-9-5-19(6-10-21)25-23-17-1-3-18(4-2-17)24-26-20-7-11-22(12-8-20)33(30,31)32;/h1-12,28-29H,13-16H2,(H,30,31,32);/q;+1/p-1. The van der Waals surface area contributed by atoms with Crippen LogP contribution < -0.4 is 34.5 Å². The SMILES string of the molecule is O=S(=O)([O-])c1ccc(N=Nc2ccc(N=Nc3ccc(N(CCO)CCO)cc3)cc2)cc1.[Na+]. The van der Waals surface area contributed by atoms with Gasteiger partial charge in [-0.1, -0.05) is 0 Å². The number of benzene rings is 3. The van der Waals surface area contributed by atoms with Crippen molar-refractivity contribution < 1.29 is 52.7 Å². The van der Waals surface area contributed by atoms with Crippen molar-refractivity contribution in [2.24, 2.45) is 20.5 Å². The molecule has 0 heterocycles. The van der Waals surface area contributed by atoms with Gasteiger partial charge in [0.25, 0.3) is 0 Å². The van der Waals surface area contributed by atoms with Crippen molar-refractivity contribution in [1.82, 2.24) is 0 Å². The summed E-state index contributed by atoms with van der Waals surface area (Å²) in [5, 5.41) is 34.7. The molecule has 0 amide bonds. The molecule has 0 aliphatic rings. The summed E-state index contributed by atoms with van der Waals surface area (Å²) in [5.74, 6) is 0. The summed E-state index contributed by atoms with van der Waals surface area (Å²) in [6.07, 6.45) is 0. The Kier molecular flexibility index (Phi) is 10.9. The number of aliphatic hydroxyl groups is 2.